The smallest absolute Gasteiger partial charge is 0.144 e. The third-order valence-corrected chi connectivity index (χ3v) is 4.85. The fraction of sp³-hybridized carbons (Fsp3) is 0.833. The molecular formula is C12H24O2S2. The van der Waals surface area contributed by atoms with Crippen LogP contribution in [0.1, 0.15) is 52.9 Å². The molecule has 0 aromatic rings. The molecule has 96 valence electrons. The molecule has 0 aromatic heterocycles. The first-order valence-electron chi connectivity index (χ1n) is 5.99. The summed E-state index contributed by atoms with van der Waals surface area (Å²) >= 11 is 4.72. The highest BCUT2D eigenvalue weighted by Crippen LogP contribution is 2.21. The van der Waals surface area contributed by atoms with Crippen LogP contribution in [0.25, 0.3) is 0 Å². The van der Waals surface area contributed by atoms with Gasteiger partial charge in [-0.05, 0) is 32.1 Å². The minimum atomic E-state index is -3.06. The maximum atomic E-state index is 11.6. The van der Waals surface area contributed by atoms with Crippen molar-refractivity contribution >= 4 is 20.0 Å². The predicted octanol–water partition coefficient (Wildman–Crippen LogP) is 3.76. The van der Waals surface area contributed by atoms with E-state index < -0.39 is 8.77 Å². The Morgan fingerprint density at radius 1 is 1.44 bits per heavy atom. The van der Waals surface area contributed by atoms with E-state index in [0.29, 0.717) is 5.92 Å². The summed E-state index contributed by atoms with van der Waals surface area (Å²) in [6.07, 6.45) is 8.54. The van der Waals surface area contributed by atoms with Gasteiger partial charge in [-0.15, -0.1) is 0 Å². The molecule has 0 heterocycles. The van der Waals surface area contributed by atoms with Crippen LogP contribution >= 0.6 is 0 Å². The van der Waals surface area contributed by atoms with Gasteiger partial charge >= 0.3 is 0 Å². The Labute approximate surface area is 105 Å². The second-order valence-corrected chi connectivity index (χ2v) is 7.54. The van der Waals surface area contributed by atoms with Crippen molar-refractivity contribution in [3.8, 4) is 0 Å². The zero-order chi connectivity index (χ0) is 12.6. The maximum Gasteiger partial charge on any atom is 0.144 e. The fourth-order valence-corrected chi connectivity index (χ4v) is 3.43. The van der Waals surface area contributed by atoms with Gasteiger partial charge in [0.25, 0.3) is 0 Å². The summed E-state index contributed by atoms with van der Waals surface area (Å²) in [5.41, 5.74) is 0. The van der Waals surface area contributed by atoms with E-state index in [1.165, 1.54) is 0 Å². The Morgan fingerprint density at radius 3 is 2.50 bits per heavy atom. The first kappa shape index (κ1) is 16.1. The second kappa shape index (κ2) is 8.20. The zero-order valence-corrected chi connectivity index (χ0v) is 12.1. The highest BCUT2D eigenvalue weighted by Gasteiger charge is 2.21. The quantitative estimate of drug-likeness (QED) is 0.678. The van der Waals surface area contributed by atoms with Crippen molar-refractivity contribution in [2.24, 2.45) is 5.92 Å². The van der Waals surface area contributed by atoms with Crippen molar-refractivity contribution in [3.63, 3.8) is 0 Å². The molecule has 0 spiro atoms. The van der Waals surface area contributed by atoms with Crippen LogP contribution in [0.5, 0.6) is 0 Å². The van der Waals surface area contributed by atoms with Crippen LogP contribution in [0.4, 0.5) is 0 Å². The van der Waals surface area contributed by atoms with Crippen LogP contribution in [0.2, 0.25) is 0 Å². The highest BCUT2D eigenvalue weighted by atomic mass is 32.8. The second-order valence-electron chi connectivity index (χ2n) is 4.41. The molecule has 0 saturated heterocycles. The summed E-state index contributed by atoms with van der Waals surface area (Å²) in [6, 6.07) is 0. The number of rotatable bonds is 8. The first-order valence-corrected chi connectivity index (χ1v) is 8.49. The van der Waals surface area contributed by atoms with Crippen molar-refractivity contribution in [1.29, 1.82) is 0 Å². The summed E-state index contributed by atoms with van der Waals surface area (Å²) in [6.45, 7) is 6.22. The van der Waals surface area contributed by atoms with Crippen molar-refractivity contribution < 1.29 is 8.76 Å². The van der Waals surface area contributed by atoms with Gasteiger partial charge in [0, 0.05) is 11.2 Å². The molecule has 1 unspecified atom stereocenters. The molecule has 0 radical (unpaired) electrons. The van der Waals surface area contributed by atoms with E-state index in [1.807, 2.05) is 19.1 Å². The van der Waals surface area contributed by atoms with Crippen molar-refractivity contribution in [2.45, 2.75) is 58.1 Å². The average Bonchev–Trinajstić information content (AvgIpc) is 2.15. The fourth-order valence-electron chi connectivity index (χ4n) is 1.90. The molecule has 0 fully saturated rings. The minimum absolute atomic E-state index is 0.236. The van der Waals surface area contributed by atoms with Gasteiger partial charge in [0.15, 0.2) is 0 Å². The van der Waals surface area contributed by atoms with Gasteiger partial charge in [-0.1, -0.05) is 38.8 Å². The number of allylic oxidation sites excluding steroid dienone is 2. The molecule has 0 aromatic carbocycles. The lowest BCUT2D eigenvalue weighted by molar-refractivity contribution is 0.446. The largest absolute Gasteiger partial charge is 0.305 e. The average molecular weight is 264 g/mol. The lowest BCUT2D eigenvalue weighted by Gasteiger charge is -2.19. The lowest BCUT2D eigenvalue weighted by Crippen LogP contribution is -2.22. The summed E-state index contributed by atoms with van der Waals surface area (Å²) in [7, 11) is -3.06. The zero-order valence-electron chi connectivity index (χ0n) is 10.5. The number of hydrogen-bond acceptors (Lipinski definition) is 2. The molecule has 0 rings (SSSR count). The molecule has 16 heavy (non-hydrogen) atoms. The number of hydrogen-bond donors (Lipinski definition) is 1. The summed E-state index contributed by atoms with van der Waals surface area (Å²) < 4.78 is 21.1. The van der Waals surface area contributed by atoms with E-state index in [4.69, 9.17) is 11.2 Å². The maximum absolute atomic E-state index is 11.6. The van der Waals surface area contributed by atoms with Crippen LogP contribution in [0.3, 0.4) is 0 Å². The van der Waals surface area contributed by atoms with Crippen LogP contribution in [0, 0.1) is 5.92 Å². The van der Waals surface area contributed by atoms with E-state index in [2.05, 4.69) is 13.8 Å². The van der Waals surface area contributed by atoms with Gasteiger partial charge in [0.1, 0.15) is 8.77 Å². The summed E-state index contributed by atoms with van der Waals surface area (Å²) in [5, 5.41) is -0.236. The minimum Gasteiger partial charge on any atom is -0.305 e. The van der Waals surface area contributed by atoms with Crippen molar-refractivity contribution in [2.75, 3.05) is 0 Å². The normalized spacial score (nSPS) is 19.5. The lowest BCUT2D eigenvalue weighted by atomic mass is 9.98. The Bertz CT molecular complexity index is 294. The van der Waals surface area contributed by atoms with Crippen molar-refractivity contribution in [1.82, 2.24) is 0 Å². The van der Waals surface area contributed by atoms with E-state index in [-0.39, 0.29) is 5.25 Å². The standard InChI is InChI=1S/C12H24O2S2/c1-4-6-7-9-12(16(13,14)15)10-11(3)8-5-2/h4,6,11-12H,5,7-10H2,1-3H3,(H,13,14,15)/b6-4+/t11-,12+/m0/s1. The molecule has 0 saturated carbocycles. The molecule has 3 atom stereocenters. The van der Waals surface area contributed by atoms with Gasteiger partial charge in [-0.3, -0.25) is 0 Å². The third kappa shape index (κ3) is 7.36. The molecule has 0 aliphatic heterocycles. The van der Waals surface area contributed by atoms with Gasteiger partial charge < -0.3 is 4.55 Å². The predicted molar refractivity (Wildman–Crippen MR) is 74.7 cm³/mol. The van der Waals surface area contributed by atoms with Gasteiger partial charge in [0.05, 0.1) is 5.25 Å². The summed E-state index contributed by atoms with van der Waals surface area (Å²) in [4.78, 5) is 0. The monoisotopic (exact) mass is 264 g/mol. The van der Waals surface area contributed by atoms with Gasteiger partial charge in [-0.25, -0.2) is 4.21 Å². The van der Waals surface area contributed by atoms with Crippen LogP contribution < -0.4 is 0 Å². The third-order valence-electron chi connectivity index (χ3n) is 2.76. The first-order chi connectivity index (χ1) is 7.41. The Hall–Kier alpha value is 0.0700. The van der Waals surface area contributed by atoms with E-state index in [0.717, 1.165) is 32.1 Å². The van der Waals surface area contributed by atoms with E-state index in [1.54, 1.807) is 0 Å². The van der Waals surface area contributed by atoms with Crippen LogP contribution in [-0.4, -0.2) is 14.0 Å². The Morgan fingerprint density at radius 2 is 2.06 bits per heavy atom. The van der Waals surface area contributed by atoms with Gasteiger partial charge in [0.2, 0.25) is 0 Å². The summed E-state index contributed by atoms with van der Waals surface area (Å²) in [5.74, 6) is 0.483. The molecule has 0 aliphatic carbocycles. The molecular weight excluding hydrogens is 240 g/mol. The molecule has 4 heteroatoms. The van der Waals surface area contributed by atoms with E-state index in [9.17, 15) is 8.76 Å². The molecule has 0 aliphatic rings. The Balaban J connectivity index is 4.33. The van der Waals surface area contributed by atoms with E-state index >= 15 is 0 Å². The van der Waals surface area contributed by atoms with Gasteiger partial charge in [-0.2, -0.15) is 0 Å². The molecule has 2 nitrogen and oxygen atoms in total. The molecule has 0 amide bonds. The van der Waals surface area contributed by atoms with Crippen molar-refractivity contribution in [3.05, 3.63) is 12.2 Å². The molecule has 1 N–H and O–H groups in total. The SMILES string of the molecule is C/C=C/CC[C@H](C[C@@H](C)CCC)S(=O)(O)=S. The van der Waals surface area contributed by atoms with Crippen LogP contribution in [-0.2, 0) is 20.0 Å². The molecule has 0 bridgehead atoms. The van der Waals surface area contributed by atoms with Crippen LogP contribution in [0.15, 0.2) is 12.2 Å². The topological polar surface area (TPSA) is 37.3 Å². The Kier molecular flexibility index (Phi) is 8.24. The highest BCUT2D eigenvalue weighted by molar-refractivity contribution is 8.30.